The van der Waals surface area contributed by atoms with Crippen LogP contribution in [0.3, 0.4) is 0 Å². The number of carbonyl (C=O) groups excluding carboxylic acids is 2. The number of aryl methyl sites for hydroxylation is 1. The van der Waals surface area contributed by atoms with Crippen LogP contribution in [0.5, 0.6) is 0 Å². The molecule has 5 aromatic rings. The molecule has 3 aromatic heterocycles. The third-order valence-electron chi connectivity index (χ3n) is 6.40. The maximum Gasteiger partial charge on any atom is 0.341 e. The van der Waals surface area contributed by atoms with Crippen molar-refractivity contribution in [3.63, 3.8) is 0 Å². The number of rotatable bonds is 8. The Morgan fingerprint density at radius 1 is 1.08 bits per heavy atom. The first-order valence-corrected chi connectivity index (χ1v) is 14.2. The molecule has 0 aliphatic rings. The minimum Gasteiger partial charge on any atom is -0.465 e. The van der Waals surface area contributed by atoms with Crippen LogP contribution in [-0.4, -0.2) is 44.5 Å². The van der Waals surface area contributed by atoms with Gasteiger partial charge in [-0.2, -0.15) is 0 Å². The number of para-hydroxylation sites is 1. The van der Waals surface area contributed by atoms with Gasteiger partial charge in [0.05, 0.1) is 29.6 Å². The molecule has 39 heavy (non-hydrogen) atoms. The highest BCUT2D eigenvalue weighted by Crippen LogP contribution is 2.35. The van der Waals surface area contributed by atoms with Gasteiger partial charge in [0.25, 0.3) is 0 Å². The number of fused-ring (bicyclic) bond motifs is 1. The monoisotopic (exact) mass is 557 g/mol. The van der Waals surface area contributed by atoms with Gasteiger partial charge in [-0.05, 0) is 31.0 Å². The Labute approximate surface area is 234 Å². The average Bonchev–Trinajstić information content (AvgIpc) is 3.48. The van der Waals surface area contributed by atoms with Gasteiger partial charge in [-0.3, -0.25) is 4.79 Å². The third kappa shape index (κ3) is 5.30. The van der Waals surface area contributed by atoms with Crippen LogP contribution in [-0.2, 0) is 23.0 Å². The number of methoxy groups -OCH3 is 1. The molecule has 2 aromatic carbocycles. The van der Waals surface area contributed by atoms with E-state index in [0.29, 0.717) is 28.0 Å². The smallest absolute Gasteiger partial charge is 0.341 e. The lowest BCUT2D eigenvalue weighted by molar-refractivity contribution is -0.113. The van der Waals surface area contributed by atoms with E-state index in [1.54, 1.807) is 0 Å². The summed E-state index contributed by atoms with van der Waals surface area (Å²) in [5.41, 5.74) is 4.96. The van der Waals surface area contributed by atoms with E-state index in [9.17, 15) is 9.59 Å². The fourth-order valence-corrected chi connectivity index (χ4v) is 6.36. The summed E-state index contributed by atoms with van der Waals surface area (Å²) in [5.74, 6) is 0.108. The average molecular weight is 558 g/mol. The quantitative estimate of drug-likeness (QED) is 0.181. The van der Waals surface area contributed by atoms with Crippen LogP contribution in [0.15, 0.2) is 65.8 Å². The van der Waals surface area contributed by atoms with Crippen LogP contribution < -0.4 is 5.32 Å². The lowest BCUT2D eigenvalue weighted by Gasteiger charge is -2.10. The first-order chi connectivity index (χ1) is 18.9. The number of aromatic nitrogens is 4. The summed E-state index contributed by atoms with van der Waals surface area (Å²) in [6.45, 7) is 3.91. The molecule has 1 N–H and O–H groups in total. The van der Waals surface area contributed by atoms with Crippen LogP contribution in [0.4, 0.5) is 5.00 Å². The van der Waals surface area contributed by atoms with Crippen molar-refractivity contribution in [3.8, 4) is 22.6 Å². The van der Waals surface area contributed by atoms with Gasteiger partial charge >= 0.3 is 5.97 Å². The Morgan fingerprint density at radius 3 is 2.56 bits per heavy atom. The number of benzene rings is 2. The molecule has 1 amide bonds. The number of pyridine rings is 1. The molecule has 3 heterocycles. The minimum absolute atomic E-state index is 0.108. The fraction of sp³-hybridized carbons (Fsp3) is 0.207. The lowest BCUT2D eigenvalue weighted by atomic mass is 10.0. The standard InChI is InChI=1S/C29H27N5O3S2/c1-5-19-17(2)39-27(25(19)28(36)37-4)31-24(35)16-38-29-33-32-26(34(29)3)21-15-23(18-11-7-6-8-12-18)30-22-14-10-9-13-20(21)22/h6-15H,5,16H2,1-4H3,(H,31,35). The topological polar surface area (TPSA) is 99.0 Å². The van der Waals surface area contributed by atoms with E-state index in [2.05, 4.69) is 15.5 Å². The molecular weight excluding hydrogens is 530 g/mol. The van der Waals surface area contributed by atoms with E-state index in [1.807, 2.05) is 86.1 Å². The van der Waals surface area contributed by atoms with E-state index >= 15 is 0 Å². The molecule has 5 rings (SSSR count). The molecule has 198 valence electrons. The molecule has 0 aliphatic heterocycles. The van der Waals surface area contributed by atoms with Crippen LogP contribution in [0.1, 0.15) is 27.7 Å². The summed E-state index contributed by atoms with van der Waals surface area (Å²) >= 11 is 2.67. The largest absolute Gasteiger partial charge is 0.465 e. The predicted molar refractivity (Wildman–Crippen MR) is 156 cm³/mol. The van der Waals surface area contributed by atoms with Crippen LogP contribution in [0.2, 0.25) is 0 Å². The zero-order valence-corrected chi connectivity index (χ0v) is 23.7. The SMILES string of the molecule is CCc1c(C)sc(NC(=O)CSc2nnc(-c3cc(-c4ccccc4)nc4ccccc34)n2C)c1C(=O)OC. The maximum absolute atomic E-state index is 12.9. The second kappa shape index (κ2) is 11.4. The Balaban J connectivity index is 1.39. The van der Waals surface area contributed by atoms with Crippen LogP contribution in [0.25, 0.3) is 33.5 Å². The van der Waals surface area contributed by atoms with Crippen molar-refractivity contribution >= 4 is 50.9 Å². The van der Waals surface area contributed by atoms with Crippen molar-refractivity contribution < 1.29 is 14.3 Å². The summed E-state index contributed by atoms with van der Waals surface area (Å²) in [6, 6.07) is 20.0. The predicted octanol–water partition coefficient (Wildman–Crippen LogP) is 6.15. The highest BCUT2D eigenvalue weighted by atomic mass is 32.2. The van der Waals surface area contributed by atoms with Crippen LogP contribution >= 0.6 is 23.1 Å². The number of amides is 1. The van der Waals surface area contributed by atoms with Gasteiger partial charge in [0.15, 0.2) is 11.0 Å². The summed E-state index contributed by atoms with van der Waals surface area (Å²) in [4.78, 5) is 31.1. The zero-order valence-electron chi connectivity index (χ0n) is 22.0. The van der Waals surface area contributed by atoms with E-state index in [1.165, 1.54) is 30.2 Å². The van der Waals surface area contributed by atoms with Crippen LogP contribution in [0, 0.1) is 6.92 Å². The van der Waals surface area contributed by atoms with Crippen molar-refractivity contribution in [3.05, 3.63) is 76.7 Å². The van der Waals surface area contributed by atoms with Gasteiger partial charge in [0.2, 0.25) is 5.91 Å². The van der Waals surface area contributed by atoms with Crippen molar-refractivity contribution in [2.75, 3.05) is 18.2 Å². The van der Waals surface area contributed by atoms with E-state index in [4.69, 9.17) is 9.72 Å². The molecule has 8 nitrogen and oxygen atoms in total. The Kier molecular flexibility index (Phi) is 7.76. The zero-order chi connectivity index (χ0) is 27.5. The lowest BCUT2D eigenvalue weighted by Crippen LogP contribution is -2.16. The van der Waals surface area contributed by atoms with E-state index in [0.717, 1.165) is 38.2 Å². The molecule has 10 heteroatoms. The van der Waals surface area contributed by atoms with Crippen molar-refractivity contribution in [1.82, 2.24) is 19.7 Å². The van der Waals surface area contributed by atoms with Crippen molar-refractivity contribution in [1.29, 1.82) is 0 Å². The minimum atomic E-state index is -0.448. The third-order valence-corrected chi connectivity index (χ3v) is 8.48. The second-order valence-electron chi connectivity index (χ2n) is 8.83. The fourth-order valence-electron chi connectivity index (χ4n) is 4.50. The van der Waals surface area contributed by atoms with Crippen molar-refractivity contribution in [2.45, 2.75) is 25.4 Å². The number of thioether (sulfide) groups is 1. The van der Waals surface area contributed by atoms with E-state index in [-0.39, 0.29) is 11.7 Å². The molecule has 0 fully saturated rings. The summed E-state index contributed by atoms with van der Waals surface area (Å²) in [5, 5.41) is 13.8. The molecule has 0 spiro atoms. The Morgan fingerprint density at radius 2 is 1.82 bits per heavy atom. The second-order valence-corrected chi connectivity index (χ2v) is 11.0. The molecule has 0 bridgehead atoms. The molecule has 0 aliphatic carbocycles. The number of hydrogen-bond donors (Lipinski definition) is 1. The number of nitrogens with zero attached hydrogens (tertiary/aromatic N) is 4. The van der Waals surface area contributed by atoms with E-state index < -0.39 is 5.97 Å². The molecule has 0 atom stereocenters. The van der Waals surface area contributed by atoms with Crippen molar-refractivity contribution in [2.24, 2.45) is 7.05 Å². The number of nitrogens with one attached hydrogen (secondary N) is 1. The summed E-state index contributed by atoms with van der Waals surface area (Å²) < 4.78 is 6.84. The first kappa shape index (κ1) is 26.6. The number of hydrogen-bond acceptors (Lipinski definition) is 8. The number of esters is 1. The Bertz CT molecular complexity index is 1680. The molecular formula is C29H27N5O3S2. The summed E-state index contributed by atoms with van der Waals surface area (Å²) in [6.07, 6.45) is 0.675. The molecule has 0 radical (unpaired) electrons. The molecule has 0 unspecified atom stereocenters. The van der Waals surface area contributed by atoms with Gasteiger partial charge in [-0.25, -0.2) is 9.78 Å². The first-order valence-electron chi connectivity index (χ1n) is 12.4. The highest BCUT2D eigenvalue weighted by molar-refractivity contribution is 7.99. The number of thiophene rings is 1. The summed E-state index contributed by atoms with van der Waals surface area (Å²) in [7, 11) is 3.23. The van der Waals surface area contributed by atoms with Gasteiger partial charge < -0.3 is 14.6 Å². The maximum atomic E-state index is 12.9. The molecule has 0 saturated carbocycles. The van der Waals surface area contributed by atoms with Gasteiger partial charge in [0.1, 0.15) is 5.00 Å². The molecule has 0 saturated heterocycles. The highest BCUT2D eigenvalue weighted by Gasteiger charge is 2.23. The van der Waals surface area contributed by atoms with Gasteiger partial charge in [-0.15, -0.1) is 21.5 Å². The number of ether oxygens (including phenoxy) is 1. The Hall–Kier alpha value is -4.02. The van der Waals surface area contributed by atoms with Gasteiger partial charge in [0, 0.05) is 28.4 Å². The normalized spacial score (nSPS) is 11.1. The number of carbonyl (C=O) groups is 2. The van der Waals surface area contributed by atoms with Gasteiger partial charge in [-0.1, -0.05) is 67.2 Å². The number of anilines is 1.